The minimum atomic E-state index is -4.33. The molecule has 0 radical (unpaired) electrons. The lowest BCUT2D eigenvalue weighted by Crippen LogP contribution is -2.23. The summed E-state index contributed by atoms with van der Waals surface area (Å²) in [4.78, 5) is 28.5. The average Bonchev–Trinajstić information content (AvgIpc) is 3.03. The standard InChI is InChI=1S/C34H27O5P/c35-33(26-14-5-1-6-15-26)40(37,31-22-11-4-12-23-31)34(36)32-27(24-38-29-18-7-2-8-19-29)16-13-17-28(32)25-39-30-20-9-3-10-21-30/h1-23H,24-25H2. The molecule has 0 aromatic heterocycles. The molecule has 0 spiro atoms. The molecule has 5 aromatic carbocycles. The third-order valence-electron chi connectivity index (χ3n) is 6.44. The Kier molecular flexibility index (Phi) is 8.34. The van der Waals surface area contributed by atoms with Crippen molar-refractivity contribution in [3.05, 3.63) is 162 Å². The second-order valence-corrected chi connectivity index (χ2v) is 11.6. The normalized spacial score (nSPS) is 12.2. The van der Waals surface area contributed by atoms with Gasteiger partial charge in [0.15, 0.2) is 0 Å². The van der Waals surface area contributed by atoms with Gasteiger partial charge >= 0.3 is 0 Å². The molecule has 5 aromatic rings. The number of carbonyl (C=O) groups excluding carboxylic acids is 2. The summed E-state index contributed by atoms with van der Waals surface area (Å²) in [5, 5.41) is 0.183. The first-order valence-corrected chi connectivity index (χ1v) is 14.5. The van der Waals surface area contributed by atoms with Crippen LogP contribution in [0.5, 0.6) is 11.5 Å². The third kappa shape index (κ3) is 5.80. The summed E-state index contributed by atoms with van der Waals surface area (Å²) in [5.41, 5.74) is -0.0430. The summed E-state index contributed by atoms with van der Waals surface area (Å²) in [5.74, 6) is 1.25. The molecule has 5 rings (SSSR count). The highest BCUT2D eigenvalue weighted by molar-refractivity contribution is 8.01. The van der Waals surface area contributed by atoms with Crippen LogP contribution in [0.15, 0.2) is 140 Å². The Hall–Kier alpha value is -4.73. The average molecular weight is 547 g/mol. The van der Waals surface area contributed by atoms with E-state index >= 15 is 0 Å². The molecule has 0 bridgehead atoms. The summed E-state index contributed by atoms with van der Waals surface area (Å²) in [6, 6.07) is 40.3. The zero-order valence-electron chi connectivity index (χ0n) is 21.7. The fourth-order valence-electron chi connectivity index (χ4n) is 4.41. The quantitative estimate of drug-likeness (QED) is 0.160. The van der Waals surface area contributed by atoms with E-state index in [1.807, 2.05) is 60.7 Å². The van der Waals surface area contributed by atoms with E-state index in [-0.39, 0.29) is 29.6 Å². The van der Waals surface area contributed by atoms with Crippen LogP contribution in [0.25, 0.3) is 0 Å². The van der Waals surface area contributed by atoms with E-state index < -0.39 is 18.2 Å². The molecule has 5 nitrogen and oxygen atoms in total. The monoisotopic (exact) mass is 546 g/mol. The van der Waals surface area contributed by atoms with Crippen LogP contribution >= 0.6 is 7.14 Å². The molecule has 0 amide bonds. The lowest BCUT2D eigenvalue weighted by molar-refractivity contribution is 0.103. The Bertz CT molecular complexity index is 1570. The molecule has 198 valence electrons. The van der Waals surface area contributed by atoms with Crippen LogP contribution in [-0.2, 0) is 17.8 Å². The highest BCUT2D eigenvalue weighted by Gasteiger charge is 2.44. The van der Waals surface area contributed by atoms with Crippen molar-refractivity contribution in [3.63, 3.8) is 0 Å². The van der Waals surface area contributed by atoms with E-state index in [1.54, 1.807) is 78.9 Å². The molecule has 1 unspecified atom stereocenters. The van der Waals surface area contributed by atoms with Crippen molar-refractivity contribution in [1.82, 2.24) is 0 Å². The molecule has 0 N–H and O–H groups in total. The fourth-order valence-corrected chi connectivity index (χ4v) is 6.77. The van der Waals surface area contributed by atoms with E-state index in [9.17, 15) is 14.2 Å². The van der Waals surface area contributed by atoms with Crippen LogP contribution in [0.4, 0.5) is 0 Å². The van der Waals surface area contributed by atoms with Crippen LogP contribution in [0.3, 0.4) is 0 Å². The first-order chi connectivity index (χ1) is 19.6. The van der Waals surface area contributed by atoms with Gasteiger partial charge in [-0.1, -0.05) is 115 Å². The van der Waals surface area contributed by atoms with Crippen molar-refractivity contribution in [2.24, 2.45) is 0 Å². The summed E-state index contributed by atoms with van der Waals surface area (Å²) in [6.07, 6.45) is 0. The van der Waals surface area contributed by atoms with Gasteiger partial charge in [0, 0.05) is 27.6 Å². The molecule has 0 saturated carbocycles. The first kappa shape index (κ1) is 26.9. The highest BCUT2D eigenvalue weighted by atomic mass is 31.2. The molecule has 0 saturated heterocycles. The van der Waals surface area contributed by atoms with E-state index in [0.29, 0.717) is 22.6 Å². The maximum absolute atomic E-state index is 14.9. The second kappa shape index (κ2) is 12.4. The van der Waals surface area contributed by atoms with Gasteiger partial charge in [0.05, 0.1) is 0 Å². The Morgan fingerprint density at radius 3 is 1.40 bits per heavy atom. The van der Waals surface area contributed by atoms with Gasteiger partial charge in [-0.15, -0.1) is 0 Å². The maximum atomic E-state index is 14.9. The van der Waals surface area contributed by atoms with E-state index in [2.05, 4.69) is 0 Å². The van der Waals surface area contributed by atoms with Crippen molar-refractivity contribution in [2.45, 2.75) is 13.2 Å². The van der Waals surface area contributed by atoms with Gasteiger partial charge in [-0.05, 0) is 24.3 Å². The van der Waals surface area contributed by atoms with Gasteiger partial charge in [0.1, 0.15) is 24.7 Å². The highest BCUT2D eigenvalue weighted by Crippen LogP contribution is 2.52. The number of rotatable bonds is 11. The molecule has 0 aliphatic rings. The number of para-hydroxylation sites is 2. The number of ether oxygens (including phenoxy) is 2. The molecule has 0 heterocycles. The van der Waals surface area contributed by atoms with Gasteiger partial charge in [-0.2, -0.15) is 0 Å². The maximum Gasteiger partial charge on any atom is 0.248 e. The Balaban J connectivity index is 1.61. The fraction of sp³-hybridized carbons (Fsp3) is 0.0588. The van der Waals surface area contributed by atoms with E-state index in [1.165, 1.54) is 0 Å². The van der Waals surface area contributed by atoms with Gasteiger partial charge in [0.2, 0.25) is 18.2 Å². The van der Waals surface area contributed by atoms with Crippen molar-refractivity contribution in [1.29, 1.82) is 0 Å². The number of carbonyl (C=O) groups is 2. The molecule has 0 aliphatic carbocycles. The van der Waals surface area contributed by atoms with Crippen LogP contribution in [-0.4, -0.2) is 11.0 Å². The minimum Gasteiger partial charge on any atom is -0.489 e. The van der Waals surface area contributed by atoms with Crippen molar-refractivity contribution in [3.8, 4) is 11.5 Å². The van der Waals surface area contributed by atoms with Gasteiger partial charge in [-0.25, -0.2) is 0 Å². The van der Waals surface area contributed by atoms with Crippen molar-refractivity contribution in [2.75, 3.05) is 0 Å². The lowest BCUT2D eigenvalue weighted by Gasteiger charge is -2.21. The van der Waals surface area contributed by atoms with Crippen molar-refractivity contribution < 1.29 is 23.6 Å². The molecule has 6 heteroatoms. The molecule has 0 fully saturated rings. The predicted molar refractivity (Wildman–Crippen MR) is 157 cm³/mol. The molecule has 1 atom stereocenters. The number of hydrogen-bond acceptors (Lipinski definition) is 5. The van der Waals surface area contributed by atoms with Crippen LogP contribution < -0.4 is 14.8 Å². The zero-order valence-corrected chi connectivity index (χ0v) is 22.6. The largest absolute Gasteiger partial charge is 0.489 e. The summed E-state index contributed by atoms with van der Waals surface area (Å²) >= 11 is 0. The van der Waals surface area contributed by atoms with Gasteiger partial charge in [-0.3, -0.25) is 9.59 Å². The van der Waals surface area contributed by atoms with Gasteiger partial charge < -0.3 is 14.0 Å². The number of hydrogen-bond donors (Lipinski definition) is 0. The molecular formula is C34H27O5P. The SMILES string of the molecule is O=C(c1ccccc1)P(=O)(C(=O)c1c(COc2ccccc2)cccc1COc1ccccc1)c1ccccc1. The number of benzene rings is 5. The van der Waals surface area contributed by atoms with Crippen LogP contribution in [0, 0.1) is 0 Å². The molecule has 40 heavy (non-hydrogen) atoms. The third-order valence-corrected chi connectivity index (χ3v) is 9.09. The minimum absolute atomic E-state index is 0.0403. The van der Waals surface area contributed by atoms with Gasteiger partial charge in [0.25, 0.3) is 0 Å². The summed E-state index contributed by atoms with van der Waals surface area (Å²) < 4.78 is 26.9. The van der Waals surface area contributed by atoms with E-state index in [0.717, 1.165) is 0 Å². The summed E-state index contributed by atoms with van der Waals surface area (Å²) in [7, 11) is -4.33. The van der Waals surface area contributed by atoms with E-state index in [4.69, 9.17) is 9.47 Å². The topological polar surface area (TPSA) is 69.7 Å². The second-order valence-electron chi connectivity index (χ2n) is 9.08. The lowest BCUT2D eigenvalue weighted by atomic mass is 10.0. The Morgan fingerprint density at radius 1 is 0.500 bits per heavy atom. The molecular weight excluding hydrogens is 519 g/mol. The van der Waals surface area contributed by atoms with Crippen molar-refractivity contribution >= 4 is 23.5 Å². The smallest absolute Gasteiger partial charge is 0.248 e. The predicted octanol–water partition coefficient (Wildman–Crippen LogP) is 7.51. The zero-order chi connectivity index (χ0) is 27.8. The Morgan fingerprint density at radius 2 is 0.925 bits per heavy atom. The summed E-state index contributed by atoms with van der Waals surface area (Å²) in [6.45, 7) is 0.0805. The van der Waals surface area contributed by atoms with Crippen LogP contribution in [0.2, 0.25) is 0 Å². The molecule has 0 aliphatic heterocycles. The van der Waals surface area contributed by atoms with Crippen LogP contribution in [0.1, 0.15) is 31.8 Å². The first-order valence-electron chi connectivity index (χ1n) is 12.8. The Labute approximate surface area is 233 Å².